The van der Waals surface area contributed by atoms with Crippen molar-refractivity contribution in [2.45, 2.75) is 0 Å². The van der Waals surface area contributed by atoms with Crippen molar-refractivity contribution in [2.75, 3.05) is 0 Å². The van der Waals surface area contributed by atoms with Crippen LogP contribution in [0, 0.1) is 5.82 Å². The number of benzene rings is 3. The van der Waals surface area contributed by atoms with Crippen LogP contribution < -0.4 is 5.56 Å². The smallest absolute Gasteiger partial charge is 0.266 e. The Morgan fingerprint density at radius 1 is 0.926 bits per heavy atom. The first-order valence-electron chi connectivity index (χ1n) is 8.37. The van der Waals surface area contributed by atoms with Crippen LogP contribution in [-0.4, -0.2) is 14.7 Å². The number of rotatable bonds is 3. The maximum Gasteiger partial charge on any atom is 0.266 e. The van der Waals surface area contributed by atoms with Crippen molar-refractivity contribution >= 4 is 23.1 Å². The molecule has 0 atom stereocenters. The van der Waals surface area contributed by atoms with Gasteiger partial charge in [-0.1, -0.05) is 36.4 Å². The minimum atomic E-state index is -0.312. The number of phenols is 1. The van der Waals surface area contributed by atoms with Gasteiger partial charge in [0.05, 0.1) is 16.6 Å². The van der Waals surface area contributed by atoms with Gasteiger partial charge in [0.15, 0.2) is 0 Å². The van der Waals surface area contributed by atoms with E-state index in [0.717, 1.165) is 5.56 Å². The monoisotopic (exact) mass is 358 g/mol. The second-order valence-corrected chi connectivity index (χ2v) is 6.03. The van der Waals surface area contributed by atoms with Gasteiger partial charge in [-0.05, 0) is 48.0 Å². The van der Waals surface area contributed by atoms with Gasteiger partial charge >= 0.3 is 0 Å². The molecule has 0 aliphatic rings. The first kappa shape index (κ1) is 16.7. The summed E-state index contributed by atoms with van der Waals surface area (Å²) in [6.45, 7) is 0. The van der Waals surface area contributed by atoms with E-state index in [-0.39, 0.29) is 17.1 Å². The van der Waals surface area contributed by atoms with Crippen LogP contribution >= 0.6 is 0 Å². The Labute approximate surface area is 154 Å². The SMILES string of the molecule is O=c1c2ccccc2nc(C=Cc2ccc(F)cc2)n1-c1cccc(O)c1. The van der Waals surface area contributed by atoms with Crippen molar-refractivity contribution < 1.29 is 9.50 Å². The number of halogens is 1. The number of para-hydroxylation sites is 1. The van der Waals surface area contributed by atoms with Gasteiger partial charge in [0, 0.05) is 6.07 Å². The minimum absolute atomic E-state index is 0.0565. The average Bonchev–Trinajstić information content (AvgIpc) is 2.68. The predicted octanol–water partition coefficient (Wildman–Crippen LogP) is 4.40. The first-order chi connectivity index (χ1) is 13.1. The second-order valence-electron chi connectivity index (χ2n) is 6.03. The van der Waals surface area contributed by atoms with Gasteiger partial charge in [0.1, 0.15) is 17.4 Å². The lowest BCUT2D eigenvalue weighted by atomic mass is 10.2. The first-order valence-corrected chi connectivity index (χ1v) is 8.37. The fraction of sp³-hybridized carbons (Fsp3) is 0. The van der Waals surface area contributed by atoms with E-state index >= 15 is 0 Å². The standard InChI is InChI=1S/C22H15FN2O2/c23-16-11-8-15(9-12-16)10-13-21-24-20-7-2-1-6-19(20)22(27)25(21)17-4-3-5-18(26)14-17/h1-14,26H. The number of fused-ring (bicyclic) bond motifs is 1. The molecule has 0 unspecified atom stereocenters. The zero-order valence-electron chi connectivity index (χ0n) is 14.2. The minimum Gasteiger partial charge on any atom is -0.508 e. The van der Waals surface area contributed by atoms with Crippen LogP contribution in [0.25, 0.3) is 28.7 Å². The van der Waals surface area contributed by atoms with Crippen molar-refractivity contribution in [2.24, 2.45) is 0 Å². The Hall–Kier alpha value is -3.73. The molecule has 1 heterocycles. The molecule has 4 aromatic rings. The van der Waals surface area contributed by atoms with E-state index in [1.165, 1.54) is 28.8 Å². The molecule has 1 N–H and O–H groups in total. The van der Waals surface area contributed by atoms with Crippen LogP contribution in [0.3, 0.4) is 0 Å². The van der Waals surface area contributed by atoms with Gasteiger partial charge in [-0.2, -0.15) is 0 Å². The number of hydrogen-bond acceptors (Lipinski definition) is 3. The van der Waals surface area contributed by atoms with Crippen LogP contribution in [0.4, 0.5) is 4.39 Å². The Kier molecular flexibility index (Phi) is 4.26. The number of hydrogen-bond donors (Lipinski definition) is 1. The quantitative estimate of drug-likeness (QED) is 0.590. The molecule has 27 heavy (non-hydrogen) atoms. The summed E-state index contributed by atoms with van der Waals surface area (Å²) in [6.07, 6.45) is 3.46. The zero-order valence-corrected chi connectivity index (χ0v) is 14.2. The highest BCUT2D eigenvalue weighted by atomic mass is 19.1. The normalized spacial score (nSPS) is 11.3. The molecule has 132 valence electrons. The number of phenolic OH excluding ortho intramolecular Hbond substituents is 1. The third-order valence-corrected chi connectivity index (χ3v) is 4.18. The van der Waals surface area contributed by atoms with Crippen LogP contribution in [-0.2, 0) is 0 Å². The molecule has 4 nitrogen and oxygen atoms in total. The molecular weight excluding hydrogens is 343 g/mol. The number of aromatic nitrogens is 2. The molecule has 0 fully saturated rings. The maximum atomic E-state index is 13.1. The van der Waals surface area contributed by atoms with E-state index in [1.807, 2.05) is 6.07 Å². The fourth-order valence-corrected chi connectivity index (χ4v) is 2.89. The predicted molar refractivity (Wildman–Crippen MR) is 104 cm³/mol. The molecular formula is C22H15FN2O2. The van der Waals surface area contributed by atoms with E-state index in [4.69, 9.17) is 0 Å². The highest BCUT2D eigenvalue weighted by molar-refractivity contribution is 5.80. The van der Waals surface area contributed by atoms with Gasteiger partial charge in [0.25, 0.3) is 5.56 Å². The van der Waals surface area contributed by atoms with Gasteiger partial charge < -0.3 is 5.11 Å². The highest BCUT2D eigenvalue weighted by Gasteiger charge is 2.11. The Balaban J connectivity index is 1.93. The molecule has 1 aromatic heterocycles. The molecule has 0 saturated heterocycles. The van der Waals surface area contributed by atoms with Crippen molar-refractivity contribution in [3.63, 3.8) is 0 Å². The molecule has 0 spiro atoms. The Morgan fingerprint density at radius 2 is 1.70 bits per heavy atom. The molecule has 0 amide bonds. The lowest BCUT2D eigenvalue weighted by molar-refractivity contribution is 0.475. The summed E-state index contributed by atoms with van der Waals surface area (Å²) in [5.74, 6) is 0.155. The summed E-state index contributed by atoms with van der Waals surface area (Å²) in [5, 5.41) is 10.3. The molecule has 4 rings (SSSR count). The zero-order chi connectivity index (χ0) is 18.8. The van der Waals surface area contributed by atoms with E-state index in [0.29, 0.717) is 22.4 Å². The van der Waals surface area contributed by atoms with Crippen molar-refractivity contribution in [3.05, 3.63) is 100 Å². The van der Waals surface area contributed by atoms with E-state index in [9.17, 15) is 14.3 Å². The van der Waals surface area contributed by atoms with E-state index in [1.54, 1.807) is 54.6 Å². The van der Waals surface area contributed by atoms with Crippen molar-refractivity contribution in [1.29, 1.82) is 0 Å². The van der Waals surface area contributed by atoms with E-state index < -0.39 is 0 Å². The third kappa shape index (κ3) is 3.35. The largest absolute Gasteiger partial charge is 0.508 e. The highest BCUT2D eigenvalue weighted by Crippen LogP contribution is 2.18. The molecule has 0 bridgehead atoms. The topological polar surface area (TPSA) is 55.1 Å². The molecule has 5 heteroatoms. The van der Waals surface area contributed by atoms with Crippen LogP contribution in [0.2, 0.25) is 0 Å². The Bertz CT molecular complexity index is 1210. The second kappa shape index (κ2) is 6.88. The van der Waals surface area contributed by atoms with Crippen LogP contribution in [0.1, 0.15) is 11.4 Å². The fourth-order valence-electron chi connectivity index (χ4n) is 2.89. The summed E-state index contributed by atoms with van der Waals surface area (Å²) >= 11 is 0. The molecule has 3 aromatic carbocycles. The summed E-state index contributed by atoms with van der Waals surface area (Å²) < 4.78 is 14.5. The maximum absolute atomic E-state index is 13.1. The van der Waals surface area contributed by atoms with Gasteiger partial charge in [-0.3, -0.25) is 9.36 Å². The lowest BCUT2D eigenvalue weighted by Crippen LogP contribution is -2.22. The average molecular weight is 358 g/mol. The van der Waals surface area contributed by atoms with Gasteiger partial charge in [-0.25, -0.2) is 9.37 Å². The third-order valence-electron chi connectivity index (χ3n) is 4.18. The van der Waals surface area contributed by atoms with E-state index in [2.05, 4.69) is 4.98 Å². The summed E-state index contributed by atoms with van der Waals surface area (Å²) in [7, 11) is 0. The lowest BCUT2D eigenvalue weighted by Gasteiger charge is -2.11. The Morgan fingerprint density at radius 3 is 2.48 bits per heavy atom. The van der Waals surface area contributed by atoms with Crippen LogP contribution in [0.5, 0.6) is 5.75 Å². The number of aromatic hydroxyl groups is 1. The van der Waals surface area contributed by atoms with Crippen molar-refractivity contribution in [1.82, 2.24) is 9.55 Å². The van der Waals surface area contributed by atoms with Gasteiger partial charge in [0.2, 0.25) is 0 Å². The molecule has 0 radical (unpaired) electrons. The summed E-state index contributed by atoms with van der Waals surface area (Å²) in [5.41, 5.74) is 1.64. The molecule has 0 aliphatic heterocycles. The van der Waals surface area contributed by atoms with Crippen LogP contribution in [0.15, 0.2) is 77.6 Å². The van der Waals surface area contributed by atoms with Gasteiger partial charge in [-0.15, -0.1) is 0 Å². The summed E-state index contributed by atoms with van der Waals surface area (Å²) in [4.78, 5) is 17.7. The number of nitrogens with zero attached hydrogens (tertiary/aromatic N) is 2. The molecule has 0 saturated carbocycles. The molecule has 0 aliphatic carbocycles. The summed E-state index contributed by atoms with van der Waals surface area (Å²) in [6, 6.07) is 19.6. The van der Waals surface area contributed by atoms with Crippen molar-refractivity contribution in [3.8, 4) is 11.4 Å².